The van der Waals surface area contributed by atoms with Gasteiger partial charge < -0.3 is 4.90 Å². The fourth-order valence-corrected chi connectivity index (χ4v) is 3.55. The number of anilines is 1. The molecule has 1 aromatic carbocycles. The molecule has 0 saturated carbocycles. The molecule has 3 heterocycles. The van der Waals surface area contributed by atoms with Crippen LogP contribution in [0, 0.1) is 11.3 Å². The molecule has 3 aromatic rings. The molecule has 0 amide bonds. The molecule has 0 radical (unpaired) electrons. The third-order valence-corrected chi connectivity index (χ3v) is 4.74. The van der Waals surface area contributed by atoms with Crippen molar-refractivity contribution in [3.63, 3.8) is 0 Å². The first-order valence-electron chi connectivity index (χ1n) is 8.41. The molecule has 0 N–H and O–H groups in total. The van der Waals surface area contributed by atoms with Crippen molar-refractivity contribution in [2.24, 2.45) is 0 Å². The van der Waals surface area contributed by atoms with E-state index in [1.165, 1.54) is 0 Å². The van der Waals surface area contributed by atoms with Gasteiger partial charge in [-0.25, -0.2) is 8.78 Å². The van der Waals surface area contributed by atoms with Crippen LogP contribution in [0.15, 0.2) is 42.5 Å². The minimum Gasteiger partial charge on any atom is -0.351 e. The van der Waals surface area contributed by atoms with E-state index in [4.69, 9.17) is 0 Å². The lowest BCUT2D eigenvalue weighted by Crippen LogP contribution is -2.35. The number of fused-ring (bicyclic) bond motifs is 1. The molecule has 2 aromatic heterocycles. The Bertz CT molecular complexity index is 949. The highest BCUT2D eigenvalue weighted by Crippen LogP contribution is 2.33. The van der Waals surface area contributed by atoms with Crippen molar-refractivity contribution in [2.45, 2.75) is 31.2 Å². The molecule has 132 valence electrons. The number of rotatable bonds is 4. The number of alkyl halides is 2. The predicted molar refractivity (Wildman–Crippen MR) is 90.9 cm³/mol. The lowest BCUT2D eigenvalue weighted by Gasteiger charge is -2.29. The highest BCUT2D eigenvalue weighted by Gasteiger charge is 2.34. The van der Waals surface area contributed by atoms with Gasteiger partial charge in [-0.3, -0.25) is 0 Å². The van der Waals surface area contributed by atoms with Gasteiger partial charge in [-0.15, -0.1) is 15.3 Å². The second-order valence-corrected chi connectivity index (χ2v) is 6.24. The number of aromatic nitrogens is 4. The van der Waals surface area contributed by atoms with Gasteiger partial charge in [0.1, 0.15) is 5.82 Å². The lowest BCUT2D eigenvalue weighted by atomic mass is 9.91. The summed E-state index contributed by atoms with van der Waals surface area (Å²) in [7, 11) is 0. The maximum atomic E-state index is 13.1. The molecular formula is C18H16F2N6. The smallest absolute Gasteiger partial charge is 0.299 e. The Morgan fingerprint density at radius 3 is 2.65 bits per heavy atom. The molecule has 4 rings (SSSR count). The predicted octanol–water partition coefficient (Wildman–Crippen LogP) is 3.34. The van der Waals surface area contributed by atoms with Crippen molar-refractivity contribution in [3.8, 4) is 6.07 Å². The van der Waals surface area contributed by atoms with E-state index >= 15 is 0 Å². The minimum absolute atomic E-state index is 0.0566. The second kappa shape index (κ2) is 6.67. The number of halogens is 2. The van der Waals surface area contributed by atoms with Gasteiger partial charge in [0.25, 0.3) is 6.43 Å². The molecule has 26 heavy (non-hydrogen) atoms. The molecule has 6 nitrogen and oxygen atoms in total. The summed E-state index contributed by atoms with van der Waals surface area (Å²) in [5.41, 5.74) is 1.23. The van der Waals surface area contributed by atoms with Crippen LogP contribution in [0.4, 0.5) is 14.6 Å². The molecule has 8 heteroatoms. The van der Waals surface area contributed by atoms with E-state index < -0.39 is 12.2 Å². The van der Waals surface area contributed by atoms with Gasteiger partial charge in [0.05, 0.1) is 18.0 Å². The van der Waals surface area contributed by atoms with Crippen molar-refractivity contribution in [2.75, 3.05) is 11.4 Å². The third kappa shape index (κ3) is 2.75. The Kier molecular flexibility index (Phi) is 4.21. The monoisotopic (exact) mass is 354 g/mol. The van der Waals surface area contributed by atoms with E-state index in [1.54, 1.807) is 12.1 Å². The normalized spacial score (nSPS) is 18.4. The first-order valence-corrected chi connectivity index (χ1v) is 8.41. The van der Waals surface area contributed by atoms with Crippen molar-refractivity contribution in [1.29, 1.82) is 5.26 Å². The van der Waals surface area contributed by atoms with Crippen LogP contribution in [0.5, 0.6) is 0 Å². The maximum Gasteiger partial charge on any atom is 0.299 e. The fraction of sp³-hybridized carbons (Fsp3) is 0.333. The Balaban J connectivity index is 1.71. The Hall–Kier alpha value is -3.08. The molecule has 0 aliphatic carbocycles. The van der Waals surface area contributed by atoms with Crippen LogP contribution in [0.25, 0.3) is 5.65 Å². The summed E-state index contributed by atoms with van der Waals surface area (Å²) < 4.78 is 27.3. The van der Waals surface area contributed by atoms with E-state index in [2.05, 4.69) is 21.4 Å². The minimum atomic E-state index is -2.75. The lowest BCUT2D eigenvalue weighted by molar-refractivity contribution is 0.137. The number of nitrogens with zero attached hydrogens (tertiary/aromatic N) is 6. The molecule has 2 unspecified atom stereocenters. The van der Waals surface area contributed by atoms with Crippen molar-refractivity contribution in [3.05, 3.63) is 53.9 Å². The third-order valence-electron chi connectivity index (χ3n) is 4.74. The van der Waals surface area contributed by atoms with Crippen LogP contribution in [0.2, 0.25) is 0 Å². The zero-order valence-corrected chi connectivity index (χ0v) is 13.8. The molecule has 1 fully saturated rings. The van der Waals surface area contributed by atoms with E-state index in [0.29, 0.717) is 5.82 Å². The number of nitriles is 1. The zero-order valence-electron chi connectivity index (χ0n) is 13.8. The fourth-order valence-electron chi connectivity index (χ4n) is 3.55. The summed E-state index contributed by atoms with van der Waals surface area (Å²) in [6.07, 6.45) is -0.992. The highest BCUT2D eigenvalue weighted by molar-refractivity contribution is 5.49. The average molecular weight is 354 g/mol. The second-order valence-electron chi connectivity index (χ2n) is 6.24. The standard InChI is InChI=1S/C18H16F2N6/c19-17(20)18-23-22-15-8-9-16(24-26(15)18)25-10-4-7-14(25)13(11-21)12-5-2-1-3-6-12/h1-3,5-6,8-9,13-14,17H,4,7,10H2. The molecule has 0 bridgehead atoms. The number of hydrogen-bond donors (Lipinski definition) is 0. The van der Waals surface area contributed by atoms with Crippen LogP contribution in [0.3, 0.4) is 0 Å². The van der Waals surface area contributed by atoms with Gasteiger partial charge in [0.15, 0.2) is 5.65 Å². The van der Waals surface area contributed by atoms with Gasteiger partial charge in [-0.1, -0.05) is 30.3 Å². The molecular weight excluding hydrogens is 338 g/mol. The SMILES string of the molecule is N#CC(c1ccccc1)C1CCCN1c1ccc2nnc(C(F)F)n2n1. The zero-order chi connectivity index (χ0) is 18.1. The van der Waals surface area contributed by atoms with E-state index in [-0.39, 0.29) is 17.6 Å². The van der Waals surface area contributed by atoms with Crippen molar-refractivity contribution in [1.82, 2.24) is 19.8 Å². The first kappa shape index (κ1) is 16.4. The van der Waals surface area contributed by atoms with Gasteiger partial charge >= 0.3 is 0 Å². The van der Waals surface area contributed by atoms with E-state index in [9.17, 15) is 14.0 Å². The van der Waals surface area contributed by atoms with Gasteiger partial charge in [0, 0.05) is 6.54 Å². The Morgan fingerprint density at radius 1 is 1.12 bits per heavy atom. The number of hydrogen-bond acceptors (Lipinski definition) is 5. The quantitative estimate of drug-likeness (QED) is 0.719. The summed E-state index contributed by atoms with van der Waals surface area (Å²) >= 11 is 0. The van der Waals surface area contributed by atoms with Crippen LogP contribution in [-0.2, 0) is 0 Å². The summed E-state index contributed by atoms with van der Waals surface area (Å²) in [6.45, 7) is 0.723. The summed E-state index contributed by atoms with van der Waals surface area (Å²) in [5.74, 6) is -0.234. The molecule has 0 spiro atoms. The van der Waals surface area contributed by atoms with Crippen molar-refractivity contribution >= 4 is 11.5 Å². The molecule has 1 aliphatic heterocycles. The topological polar surface area (TPSA) is 70.1 Å². The Labute approximate surface area is 148 Å². The molecule has 2 atom stereocenters. The van der Waals surface area contributed by atoms with Gasteiger partial charge in [-0.2, -0.15) is 9.78 Å². The summed E-state index contributed by atoms with van der Waals surface area (Å²) in [5, 5.41) is 21.3. The maximum absolute atomic E-state index is 13.1. The van der Waals surface area contributed by atoms with Crippen molar-refractivity contribution < 1.29 is 8.78 Å². The largest absolute Gasteiger partial charge is 0.351 e. The molecule has 1 aliphatic rings. The Morgan fingerprint density at radius 2 is 1.92 bits per heavy atom. The average Bonchev–Trinajstić information content (AvgIpc) is 3.29. The van der Waals surface area contributed by atoms with Gasteiger partial charge in [0.2, 0.25) is 5.82 Å². The number of benzene rings is 1. The first-order chi connectivity index (χ1) is 12.7. The van der Waals surface area contributed by atoms with Crippen LogP contribution in [-0.4, -0.2) is 32.4 Å². The van der Waals surface area contributed by atoms with Crippen LogP contribution in [0.1, 0.15) is 36.6 Å². The van der Waals surface area contributed by atoms with Crippen LogP contribution < -0.4 is 4.90 Å². The van der Waals surface area contributed by atoms with E-state index in [1.807, 2.05) is 35.2 Å². The van der Waals surface area contributed by atoms with Gasteiger partial charge in [-0.05, 0) is 30.5 Å². The van der Waals surface area contributed by atoms with E-state index in [0.717, 1.165) is 29.5 Å². The van der Waals surface area contributed by atoms with Crippen LogP contribution >= 0.6 is 0 Å². The highest BCUT2D eigenvalue weighted by atomic mass is 19.3. The molecule has 1 saturated heterocycles. The summed E-state index contributed by atoms with van der Waals surface area (Å²) in [4.78, 5) is 2.02. The summed E-state index contributed by atoms with van der Waals surface area (Å²) in [6, 6.07) is 15.3.